The average molecular weight is 334 g/mol. The van der Waals surface area contributed by atoms with Gasteiger partial charge >= 0.3 is 8.80 Å². The Bertz CT molecular complexity index is 614. The lowest BCUT2D eigenvalue weighted by Gasteiger charge is -2.28. The van der Waals surface area contributed by atoms with Gasteiger partial charge in [-0.3, -0.25) is 0 Å². The molecule has 3 nitrogen and oxygen atoms in total. The Balaban J connectivity index is 2.29. The van der Waals surface area contributed by atoms with Crippen LogP contribution in [-0.4, -0.2) is 25.8 Å². The topological polar surface area (TPSA) is 38.7 Å². The van der Waals surface area contributed by atoms with E-state index in [1.54, 1.807) is 12.1 Å². The minimum absolute atomic E-state index is 0.137. The van der Waals surface area contributed by atoms with Gasteiger partial charge in [-0.2, -0.15) is 0 Å². The van der Waals surface area contributed by atoms with Crippen LogP contribution in [0.4, 0.5) is 4.39 Å². The summed E-state index contributed by atoms with van der Waals surface area (Å²) in [5.41, 5.74) is 1.86. The SMILES string of the molecule is CC(C)O[Si](O)(OC(C)C)c1ccc(-c2ccc(F)cc2)cc1. The van der Waals surface area contributed by atoms with E-state index in [2.05, 4.69) is 0 Å². The summed E-state index contributed by atoms with van der Waals surface area (Å²) in [5.74, 6) is -0.261. The molecule has 124 valence electrons. The highest BCUT2D eigenvalue weighted by Gasteiger charge is 2.41. The summed E-state index contributed by atoms with van der Waals surface area (Å²) in [7, 11) is -3.44. The largest absolute Gasteiger partial charge is 0.534 e. The van der Waals surface area contributed by atoms with E-state index in [4.69, 9.17) is 8.85 Å². The summed E-state index contributed by atoms with van der Waals surface area (Å²) in [6.07, 6.45) is -0.274. The van der Waals surface area contributed by atoms with Crippen LogP contribution in [0.1, 0.15) is 27.7 Å². The van der Waals surface area contributed by atoms with Gasteiger partial charge in [0.05, 0.1) is 0 Å². The van der Waals surface area contributed by atoms with Gasteiger partial charge in [0.15, 0.2) is 0 Å². The molecule has 0 amide bonds. The molecule has 0 saturated carbocycles. The molecule has 0 atom stereocenters. The predicted octanol–water partition coefficient (Wildman–Crippen LogP) is 3.48. The van der Waals surface area contributed by atoms with E-state index in [0.29, 0.717) is 5.19 Å². The zero-order chi connectivity index (χ0) is 17.0. The molecule has 0 saturated heterocycles. The van der Waals surface area contributed by atoms with Gasteiger partial charge in [-0.1, -0.05) is 36.4 Å². The molecule has 0 aromatic heterocycles. The molecular weight excluding hydrogens is 311 g/mol. The quantitative estimate of drug-likeness (QED) is 0.822. The van der Waals surface area contributed by atoms with Gasteiger partial charge in [-0.05, 0) is 51.0 Å². The molecule has 2 aromatic carbocycles. The summed E-state index contributed by atoms with van der Waals surface area (Å²) < 4.78 is 24.4. The second-order valence-corrected chi connectivity index (χ2v) is 8.21. The molecule has 2 aromatic rings. The summed E-state index contributed by atoms with van der Waals surface area (Å²) in [5, 5.41) is 0.658. The molecular formula is C18H23FO3Si. The summed E-state index contributed by atoms with van der Waals surface area (Å²) in [6, 6.07) is 13.7. The molecule has 0 unspecified atom stereocenters. The molecule has 5 heteroatoms. The lowest BCUT2D eigenvalue weighted by atomic mass is 10.1. The minimum atomic E-state index is -3.44. The maximum atomic E-state index is 13.0. The van der Waals surface area contributed by atoms with Crippen LogP contribution in [0.2, 0.25) is 0 Å². The summed E-state index contributed by atoms with van der Waals surface area (Å²) in [4.78, 5) is 10.9. The first-order chi connectivity index (χ1) is 10.8. The fraction of sp³-hybridized carbons (Fsp3) is 0.333. The van der Waals surface area contributed by atoms with Gasteiger partial charge in [0.25, 0.3) is 0 Å². The predicted molar refractivity (Wildman–Crippen MR) is 91.9 cm³/mol. The van der Waals surface area contributed by atoms with Crippen molar-refractivity contribution in [3.05, 3.63) is 54.3 Å². The number of hydrogen-bond acceptors (Lipinski definition) is 3. The van der Waals surface area contributed by atoms with Crippen molar-refractivity contribution in [2.75, 3.05) is 0 Å². The molecule has 0 aliphatic carbocycles. The van der Waals surface area contributed by atoms with Gasteiger partial charge in [0.2, 0.25) is 0 Å². The van der Waals surface area contributed by atoms with E-state index in [9.17, 15) is 9.19 Å². The minimum Gasteiger partial charge on any atom is -0.386 e. The summed E-state index contributed by atoms with van der Waals surface area (Å²) >= 11 is 0. The molecule has 0 spiro atoms. The Kier molecular flexibility index (Phi) is 5.70. The molecule has 0 bridgehead atoms. The molecule has 0 aliphatic rings. The third-order valence-corrected chi connectivity index (χ3v) is 5.86. The van der Waals surface area contributed by atoms with Gasteiger partial charge in [0, 0.05) is 17.4 Å². The lowest BCUT2D eigenvalue weighted by molar-refractivity contribution is 0.0605. The van der Waals surface area contributed by atoms with E-state index >= 15 is 0 Å². The van der Waals surface area contributed by atoms with Crippen molar-refractivity contribution >= 4 is 14.0 Å². The Labute approximate surface area is 138 Å². The Morgan fingerprint density at radius 1 is 0.783 bits per heavy atom. The highest BCUT2D eigenvalue weighted by atomic mass is 28.4. The van der Waals surface area contributed by atoms with Crippen LogP contribution >= 0.6 is 0 Å². The van der Waals surface area contributed by atoms with Crippen LogP contribution in [-0.2, 0) is 8.85 Å². The van der Waals surface area contributed by atoms with Crippen LogP contribution in [0, 0.1) is 5.82 Å². The van der Waals surface area contributed by atoms with Gasteiger partial charge in [0.1, 0.15) is 5.82 Å². The highest BCUT2D eigenvalue weighted by Crippen LogP contribution is 2.20. The third-order valence-electron chi connectivity index (χ3n) is 3.22. The van der Waals surface area contributed by atoms with E-state index < -0.39 is 8.80 Å². The Morgan fingerprint density at radius 3 is 1.57 bits per heavy atom. The first-order valence-electron chi connectivity index (χ1n) is 7.74. The normalized spacial score (nSPS) is 12.2. The molecule has 0 radical (unpaired) electrons. The van der Waals surface area contributed by atoms with Crippen molar-refractivity contribution in [3.8, 4) is 11.1 Å². The van der Waals surface area contributed by atoms with Gasteiger partial charge in [-0.15, -0.1) is 0 Å². The van der Waals surface area contributed by atoms with Crippen molar-refractivity contribution < 1.29 is 18.0 Å². The first-order valence-corrected chi connectivity index (χ1v) is 9.51. The van der Waals surface area contributed by atoms with Gasteiger partial charge < -0.3 is 13.6 Å². The molecule has 1 N–H and O–H groups in total. The Morgan fingerprint density at radius 2 is 1.17 bits per heavy atom. The highest BCUT2D eigenvalue weighted by molar-refractivity contribution is 6.74. The molecule has 23 heavy (non-hydrogen) atoms. The van der Waals surface area contributed by atoms with Crippen molar-refractivity contribution in [1.82, 2.24) is 0 Å². The van der Waals surface area contributed by atoms with E-state index in [-0.39, 0.29) is 18.0 Å². The van der Waals surface area contributed by atoms with Crippen LogP contribution in [0.3, 0.4) is 0 Å². The van der Waals surface area contributed by atoms with Gasteiger partial charge in [-0.25, -0.2) is 4.39 Å². The number of halogens is 1. The smallest absolute Gasteiger partial charge is 0.386 e. The lowest BCUT2D eigenvalue weighted by Crippen LogP contribution is -2.56. The first kappa shape index (κ1) is 17.8. The number of rotatable bonds is 6. The van der Waals surface area contributed by atoms with Crippen LogP contribution in [0.5, 0.6) is 0 Å². The molecule has 2 rings (SSSR count). The maximum Gasteiger partial charge on any atom is 0.534 e. The standard InChI is InChI=1S/C18H23FO3Si/c1-13(2)21-23(20,22-14(3)4)18-11-7-16(8-12-18)15-5-9-17(19)10-6-15/h5-14,20H,1-4H3. The molecule has 0 heterocycles. The second kappa shape index (κ2) is 7.36. The second-order valence-electron chi connectivity index (χ2n) is 6.00. The van der Waals surface area contributed by atoms with Crippen molar-refractivity contribution in [1.29, 1.82) is 0 Å². The van der Waals surface area contributed by atoms with Crippen LogP contribution in [0.25, 0.3) is 11.1 Å². The van der Waals surface area contributed by atoms with Crippen molar-refractivity contribution in [2.45, 2.75) is 39.9 Å². The van der Waals surface area contributed by atoms with Crippen LogP contribution < -0.4 is 5.19 Å². The van der Waals surface area contributed by atoms with Crippen molar-refractivity contribution in [3.63, 3.8) is 0 Å². The number of benzene rings is 2. The van der Waals surface area contributed by atoms with E-state index in [1.165, 1.54) is 12.1 Å². The fourth-order valence-electron chi connectivity index (χ4n) is 2.32. The Hall–Kier alpha value is -1.53. The third kappa shape index (κ3) is 4.72. The zero-order valence-corrected chi connectivity index (χ0v) is 14.9. The van der Waals surface area contributed by atoms with E-state index in [1.807, 2.05) is 52.0 Å². The zero-order valence-electron chi connectivity index (χ0n) is 13.9. The van der Waals surface area contributed by atoms with E-state index in [0.717, 1.165) is 11.1 Å². The molecule has 0 aliphatic heterocycles. The summed E-state index contributed by atoms with van der Waals surface area (Å²) in [6.45, 7) is 7.48. The number of hydrogen-bond donors (Lipinski definition) is 1. The fourth-order valence-corrected chi connectivity index (χ4v) is 4.51. The molecule has 0 fully saturated rings. The van der Waals surface area contributed by atoms with Crippen LogP contribution in [0.15, 0.2) is 48.5 Å². The average Bonchev–Trinajstić information content (AvgIpc) is 2.46. The van der Waals surface area contributed by atoms with Crippen molar-refractivity contribution in [2.24, 2.45) is 0 Å². The maximum absolute atomic E-state index is 13.0. The monoisotopic (exact) mass is 334 g/mol.